The molecule has 0 fully saturated rings. The van der Waals surface area contributed by atoms with Crippen LogP contribution in [0.15, 0.2) is 47.4 Å². The number of rotatable bonds is 12. The van der Waals surface area contributed by atoms with Crippen LogP contribution in [0.3, 0.4) is 0 Å². The van der Waals surface area contributed by atoms with E-state index in [0.717, 1.165) is 18.7 Å². The Morgan fingerprint density at radius 3 is 2.38 bits per heavy atom. The molecule has 0 bridgehead atoms. The summed E-state index contributed by atoms with van der Waals surface area (Å²) in [6.07, 6.45) is 1.37. The fourth-order valence-corrected chi connectivity index (χ4v) is 3.56. The molecule has 0 aliphatic carbocycles. The molecule has 9 heteroatoms. The normalized spacial score (nSPS) is 10.9. The van der Waals surface area contributed by atoms with Gasteiger partial charge in [-0.3, -0.25) is 0 Å². The van der Waals surface area contributed by atoms with Gasteiger partial charge in [0.05, 0.1) is 13.7 Å². The second kappa shape index (κ2) is 12.5. The van der Waals surface area contributed by atoms with Crippen molar-refractivity contribution in [2.45, 2.75) is 24.7 Å². The number of hydrogen-bond donors (Lipinski definition) is 2. The summed E-state index contributed by atoms with van der Waals surface area (Å²) >= 11 is 0. The first-order chi connectivity index (χ1) is 13.5. The molecule has 29 heavy (non-hydrogen) atoms. The number of hydrogen-bond acceptors (Lipinski definition) is 6. The number of methoxy groups -OCH3 is 1. The lowest BCUT2D eigenvalue weighted by molar-refractivity contribution is 0.313. The minimum Gasteiger partial charge on any atom is -0.495 e. The predicted octanol–water partition coefficient (Wildman–Crippen LogP) is 2.76. The molecule has 0 unspecified atom stereocenters. The van der Waals surface area contributed by atoms with Gasteiger partial charge in [0.1, 0.15) is 28.8 Å². The standard InChI is InChI=1S/C20H28N2O5S.ClH/c1-3-26-18-11-12-19(28(21,23)24)20(25-2)17(18)10-7-13-22-14-15-27-16-8-5-4-6-9-16;/h4-6,8-9,11-12,22H,3,7,10,13-15H2,1-2H3,(H2,21,23,24);1H. The molecule has 0 spiro atoms. The van der Waals surface area contributed by atoms with Gasteiger partial charge in [-0.25, -0.2) is 13.6 Å². The summed E-state index contributed by atoms with van der Waals surface area (Å²) in [5.74, 6) is 1.70. The highest BCUT2D eigenvalue weighted by Crippen LogP contribution is 2.35. The Labute approximate surface area is 179 Å². The summed E-state index contributed by atoms with van der Waals surface area (Å²) in [5.41, 5.74) is 0.707. The van der Waals surface area contributed by atoms with Gasteiger partial charge in [-0.1, -0.05) is 18.2 Å². The van der Waals surface area contributed by atoms with Gasteiger partial charge < -0.3 is 19.5 Å². The van der Waals surface area contributed by atoms with Crippen LogP contribution in [0.5, 0.6) is 17.2 Å². The van der Waals surface area contributed by atoms with E-state index in [9.17, 15) is 8.42 Å². The molecule has 0 amide bonds. The number of primary sulfonamides is 1. The molecule has 0 aromatic heterocycles. The predicted molar refractivity (Wildman–Crippen MR) is 116 cm³/mol. The van der Waals surface area contributed by atoms with Gasteiger partial charge in [-0.15, -0.1) is 12.4 Å². The van der Waals surface area contributed by atoms with Crippen LogP contribution < -0.4 is 24.7 Å². The van der Waals surface area contributed by atoms with Crippen LogP contribution in [0.25, 0.3) is 0 Å². The van der Waals surface area contributed by atoms with Crippen LogP contribution in [-0.4, -0.2) is 41.8 Å². The summed E-state index contributed by atoms with van der Waals surface area (Å²) in [5, 5.41) is 8.62. The SMILES string of the molecule is CCOc1ccc(S(N)(=O)=O)c(OC)c1CCCNCCOc1ccccc1.Cl. The molecule has 2 aromatic rings. The van der Waals surface area contributed by atoms with Crippen molar-refractivity contribution in [3.63, 3.8) is 0 Å². The minimum atomic E-state index is -3.88. The summed E-state index contributed by atoms with van der Waals surface area (Å²) in [6.45, 7) is 4.37. The first-order valence-electron chi connectivity index (χ1n) is 9.21. The Bertz CT molecular complexity index is 847. The van der Waals surface area contributed by atoms with Crippen LogP contribution in [-0.2, 0) is 16.4 Å². The van der Waals surface area contributed by atoms with Gasteiger partial charge in [-0.05, 0) is 50.6 Å². The van der Waals surface area contributed by atoms with Gasteiger partial charge in [0.25, 0.3) is 0 Å². The Morgan fingerprint density at radius 2 is 1.76 bits per heavy atom. The van der Waals surface area contributed by atoms with Crippen molar-refractivity contribution in [1.29, 1.82) is 0 Å². The van der Waals surface area contributed by atoms with Gasteiger partial charge in [-0.2, -0.15) is 0 Å². The second-order valence-electron chi connectivity index (χ2n) is 6.07. The van der Waals surface area contributed by atoms with E-state index in [1.165, 1.54) is 13.2 Å². The number of ether oxygens (including phenoxy) is 3. The highest BCUT2D eigenvalue weighted by atomic mass is 35.5. The summed E-state index contributed by atoms with van der Waals surface area (Å²) in [4.78, 5) is -0.0299. The molecule has 2 aromatic carbocycles. The van der Waals surface area contributed by atoms with E-state index in [2.05, 4.69) is 5.32 Å². The molecular formula is C20H29ClN2O5S. The average molecular weight is 445 g/mol. The topological polar surface area (TPSA) is 99.9 Å². The molecule has 0 aliphatic heterocycles. The molecule has 0 saturated carbocycles. The maximum atomic E-state index is 11.8. The van der Waals surface area contributed by atoms with E-state index >= 15 is 0 Å². The first kappa shape index (κ1) is 25.0. The van der Waals surface area contributed by atoms with Crippen molar-refractivity contribution in [2.24, 2.45) is 5.14 Å². The fraction of sp³-hybridized carbons (Fsp3) is 0.400. The lowest BCUT2D eigenvalue weighted by Crippen LogP contribution is -2.22. The third-order valence-electron chi connectivity index (χ3n) is 4.06. The van der Waals surface area contributed by atoms with E-state index < -0.39 is 10.0 Å². The van der Waals surface area contributed by atoms with E-state index in [-0.39, 0.29) is 23.1 Å². The van der Waals surface area contributed by atoms with E-state index in [4.69, 9.17) is 19.3 Å². The molecule has 0 saturated heterocycles. The Morgan fingerprint density at radius 1 is 1.03 bits per heavy atom. The van der Waals surface area contributed by atoms with Gasteiger partial charge in [0.2, 0.25) is 10.0 Å². The van der Waals surface area contributed by atoms with E-state index in [1.807, 2.05) is 37.3 Å². The Kier molecular flexibility index (Phi) is 10.8. The molecule has 0 radical (unpaired) electrons. The Hall–Kier alpha value is -2.00. The fourth-order valence-electron chi connectivity index (χ4n) is 2.84. The second-order valence-corrected chi connectivity index (χ2v) is 7.60. The lowest BCUT2D eigenvalue weighted by atomic mass is 10.1. The van der Waals surface area contributed by atoms with Crippen LogP contribution in [0.1, 0.15) is 18.9 Å². The number of benzene rings is 2. The van der Waals surface area contributed by atoms with Crippen molar-refractivity contribution in [3.05, 3.63) is 48.0 Å². The average Bonchev–Trinajstić information content (AvgIpc) is 2.67. The molecule has 162 valence electrons. The number of halogens is 1. The monoisotopic (exact) mass is 444 g/mol. The zero-order chi connectivity index (χ0) is 20.4. The summed E-state index contributed by atoms with van der Waals surface area (Å²) in [6, 6.07) is 12.7. The van der Waals surface area contributed by atoms with Crippen LogP contribution in [0.4, 0.5) is 0 Å². The van der Waals surface area contributed by atoms with Crippen molar-refractivity contribution in [1.82, 2.24) is 5.32 Å². The van der Waals surface area contributed by atoms with Crippen LogP contribution in [0.2, 0.25) is 0 Å². The molecular weight excluding hydrogens is 416 g/mol. The van der Waals surface area contributed by atoms with Crippen molar-refractivity contribution >= 4 is 22.4 Å². The van der Waals surface area contributed by atoms with Gasteiger partial charge >= 0.3 is 0 Å². The molecule has 3 N–H and O–H groups in total. The van der Waals surface area contributed by atoms with Crippen LogP contribution >= 0.6 is 12.4 Å². The van der Waals surface area contributed by atoms with Gasteiger partial charge in [0.15, 0.2) is 0 Å². The molecule has 7 nitrogen and oxygen atoms in total. The Balaban J connectivity index is 0.00000420. The highest BCUT2D eigenvalue weighted by Gasteiger charge is 2.21. The molecule has 0 aliphatic rings. The minimum absolute atomic E-state index is 0. The summed E-state index contributed by atoms with van der Waals surface area (Å²) in [7, 11) is -2.45. The zero-order valence-corrected chi connectivity index (χ0v) is 18.4. The molecule has 0 heterocycles. The number of sulfonamides is 1. The number of nitrogens with one attached hydrogen (secondary N) is 1. The molecule has 2 rings (SSSR count). The van der Waals surface area contributed by atoms with E-state index in [1.54, 1.807) is 6.07 Å². The lowest BCUT2D eigenvalue weighted by Gasteiger charge is -2.17. The number of nitrogens with two attached hydrogens (primary N) is 1. The maximum absolute atomic E-state index is 11.8. The number of para-hydroxylation sites is 1. The smallest absolute Gasteiger partial charge is 0.241 e. The van der Waals surface area contributed by atoms with E-state index in [0.29, 0.717) is 37.5 Å². The summed E-state index contributed by atoms with van der Waals surface area (Å²) < 4.78 is 40.3. The zero-order valence-electron chi connectivity index (χ0n) is 16.7. The third kappa shape index (κ3) is 7.74. The van der Waals surface area contributed by atoms with Crippen molar-refractivity contribution in [3.8, 4) is 17.2 Å². The maximum Gasteiger partial charge on any atom is 0.241 e. The highest BCUT2D eigenvalue weighted by molar-refractivity contribution is 7.89. The van der Waals surface area contributed by atoms with Gasteiger partial charge in [0, 0.05) is 12.1 Å². The molecule has 0 atom stereocenters. The van der Waals surface area contributed by atoms with Crippen LogP contribution in [0, 0.1) is 0 Å². The quantitative estimate of drug-likeness (QED) is 0.488. The largest absolute Gasteiger partial charge is 0.495 e. The first-order valence-corrected chi connectivity index (χ1v) is 10.8. The third-order valence-corrected chi connectivity index (χ3v) is 5.00. The van der Waals surface area contributed by atoms with Crippen molar-refractivity contribution in [2.75, 3.05) is 33.4 Å². The van der Waals surface area contributed by atoms with Crippen molar-refractivity contribution < 1.29 is 22.6 Å².